The SMILES string of the molecule is Cc1ccc(-c2ccc(OCc3c(C)cccc3-n3nn[nH]c3=O)c(C)c2)s1. The monoisotopic (exact) mass is 392 g/mol. The van der Waals surface area contributed by atoms with Crippen molar-refractivity contribution in [1.82, 2.24) is 20.2 Å². The lowest BCUT2D eigenvalue weighted by Gasteiger charge is -2.14. The highest BCUT2D eigenvalue weighted by atomic mass is 32.1. The first-order valence-electron chi connectivity index (χ1n) is 8.92. The normalized spacial score (nSPS) is 11.0. The minimum atomic E-state index is -0.376. The molecule has 1 N–H and O–H groups in total. The number of rotatable bonds is 5. The number of ether oxygens (including phenoxy) is 1. The van der Waals surface area contributed by atoms with Crippen molar-refractivity contribution in [2.24, 2.45) is 0 Å². The highest BCUT2D eigenvalue weighted by molar-refractivity contribution is 7.15. The molecule has 2 heterocycles. The van der Waals surface area contributed by atoms with E-state index in [1.54, 1.807) is 11.3 Å². The molecule has 0 saturated heterocycles. The minimum Gasteiger partial charge on any atom is -0.489 e. The minimum absolute atomic E-state index is 0.333. The van der Waals surface area contributed by atoms with Gasteiger partial charge in [-0.3, -0.25) is 0 Å². The number of aryl methyl sites for hydroxylation is 3. The van der Waals surface area contributed by atoms with Crippen LogP contribution in [0, 0.1) is 20.8 Å². The number of aromatic amines is 1. The molecule has 0 aliphatic rings. The molecular weight excluding hydrogens is 372 g/mol. The van der Waals surface area contributed by atoms with Crippen LogP contribution in [0.4, 0.5) is 0 Å². The number of H-pyrrole nitrogens is 1. The van der Waals surface area contributed by atoms with Crippen LogP contribution >= 0.6 is 11.3 Å². The van der Waals surface area contributed by atoms with Crippen LogP contribution in [0.5, 0.6) is 5.75 Å². The molecule has 0 atom stereocenters. The third kappa shape index (κ3) is 3.48. The number of thiophene rings is 1. The molecule has 0 aliphatic carbocycles. The summed E-state index contributed by atoms with van der Waals surface area (Å²) in [5.74, 6) is 0.818. The fourth-order valence-corrected chi connectivity index (χ4v) is 4.00. The third-order valence-electron chi connectivity index (χ3n) is 4.66. The molecule has 0 spiro atoms. The van der Waals surface area contributed by atoms with Crippen molar-refractivity contribution < 1.29 is 4.74 Å². The van der Waals surface area contributed by atoms with Gasteiger partial charge in [-0.1, -0.05) is 12.1 Å². The van der Waals surface area contributed by atoms with Gasteiger partial charge >= 0.3 is 5.69 Å². The summed E-state index contributed by atoms with van der Waals surface area (Å²) in [6, 6.07) is 16.2. The Labute approximate surface area is 166 Å². The molecule has 2 aromatic carbocycles. The van der Waals surface area contributed by atoms with Crippen LogP contribution in [-0.2, 0) is 6.61 Å². The van der Waals surface area contributed by atoms with Crippen molar-refractivity contribution in [2.45, 2.75) is 27.4 Å². The zero-order valence-corrected chi connectivity index (χ0v) is 16.7. The smallest absolute Gasteiger partial charge is 0.365 e. The van der Waals surface area contributed by atoms with Crippen molar-refractivity contribution >= 4 is 11.3 Å². The van der Waals surface area contributed by atoms with Crippen molar-refractivity contribution in [3.63, 3.8) is 0 Å². The van der Waals surface area contributed by atoms with Crippen molar-refractivity contribution in [3.05, 3.63) is 80.6 Å². The van der Waals surface area contributed by atoms with E-state index in [0.717, 1.165) is 22.4 Å². The highest BCUT2D eigenvalue weighted by Crippen LogP contribution is 2.31. The second-order valence-electron chi connectivity index (χ2n) is 6.67. The summed E-state index contributed by atoms with van der Waals surface area (Å²) in [5, 5.41) is 9.76. The van der Waals surface area contributed by atoms with Gasteiger partial charge in [0.15, 0.2) is 0 Å². The van der Waals surface area contributed by atoms with Crippen LogP contribution in [-0.4, -0.2) is 20.2 Å². The molecule has 0 bridgehead atoms. The van der Waals surface area contributed by atoms with Crippen LogP contribution < -0.4 is 10.4 Å². The molecule has 7 heteroatoms. The fourth-order valence-electron chi connectivity index (χ4n) is 3.13. The Kier molecular flexibility index (Phi) is 4.83. The van der Waals surface area contributed by atoms with Gasteiger partial charge in [-0.2, -0.15) is 4.68 Å². The van der Waals surface area contributed by atoms with Crippen LogP contribution in [0.15, 0.2) is 53.3 Å². The topological polar surface area (TPSA) is 72.8 Å². The number of hydrogen-bond donors (Lipinski definition) is 1. The van der Waals surface area contributed by atoms with Gasteiger partial charge in [0.05, 0.1) is 5.69 Å². The maximum absolute atomic E-state index is 11.9. The molecule has 4 rings (SSSR count). The van der Waals surface area contributed by atoms with Crippen LogP contribution in [0.25, 0.3) is 16.1 Å². The molecule has 0 radical (unpaired) electrons. The third-order valence-corrected chi connectivity index (χ3v) is 5.71. The van der Waals surface area contributed by atoms with Crippen molar-refractivity contribution in [1.29, 1.82) is 0 Å². The van der Waals surface area contributed by atoms with Crippen molar-refractivity contribution in [3.8, 4) is 21.9 Å². The van der Waals surface area contributed by atoms with E-state index in [2.05, 4.69) is 46.7 Å². The Morgan fingerprint density at radius 3 is 2.61 bits per heavy atom. The Bertz CT molecular complexity index is 1190. The van der Waals surface area contributed by atoms with E-state index in [0.29, 0.717) is 12.3 Å². The number of hydrogen-bond acceptors (Lipinski definition) is 5. The lowest BCUT2D eigenvalue weighted by atomic mass is 10.1. The van der Waals surface area contributed by atoms with Gasteiger partial charge in [-0.15, -0.1) is 11.3 Å². The average molecular weight is 392 g/mol. The Morgan fingerprint density at radius 2 is 1.93 bits per heavy atom. The van der Waals surface area contributed by atoms with Crippen LogP contribution in [0.3, 0.4) is 0 Å². The molecule has 6 nitrogen and oxygen atoms in total. The molecule has 0 saturated carbocycles. The van der Waals surface area contributed by atoms with E-state index in [1.165, 1.54) is 20.0 Å². The van der Waals surface area contributed by atoms with Gasteiger partial charge in [0.2, 0.25) is 0 Å². The number of tetrazole rings is 1. The first-order chi connectivity index (χ1) is 13.5. The molecule has 0 amide bonds. The van der Waals surface area contributed by atoms with Gasteiger partial charge in [0.25, 0.3) is 0 Å². The number of nitrogens with one attached hydrogen (secondary N) is 1. The van der Waals surface area contributed by atoms with Gasteiger partial charge in [0.1, 0.15) is 12.4 Å². The standard InChI is InChI=1S/C21H20N4O2S/c1-13-5-4-6-18(25-21(26)22-23-24-25)17(13)12-27-19-9-8-16(11-14(19)2)20-10-7-15(3)28-20/h4-11H,12H2,1-3H3,(H,22,24,26). The summed E-state index contributed by atoms with van der Waals surface area (Å²) >= 11 is 1.78. The first-order valence-corrected chi connectivity index (χ1v) is 9.74. The molecule has 0 fully saturated rings. The largest absolute Gasteiger partial charge is 0.489 e. The maximum atomic E-state index is 11.9. The number of nitrogens with zero attached hydrogens (tertiary/aromatic N) is 3. The van der Waals surface area contributed by atoms with Gasteiger partial charge < -0.3 is 4.74 Å². The highest BCUT2D eigenvalue weighted by Gasteiger charge is 2.13. The van der Waals surface area contributed by atoms with E-state index in [4.69, 9.17) is 4.74 Å². The zero-order chi connectivity index (χ0) is 19.7. The summed E-state index contributed by atoms with van der Waals surface area (Å²) in [4.78, 5) is 14.5. The summed E-state index contributed by atoms with van der Waals surface area (Å²) in [5.41, 5.74) is 4.47. The molecule has 142 valence electrons. The van der Waals surface area contributed by atoms with Crippen LogP contribution in [0.1, 0.15) is 21.6 Å². The van der Waals surface area contributed by atoms with Gasteiger partial charge in [-0.05, 0) is 84.3 Å². The lowest BCUT2D eigenvalue weighted by molar-refractivity contribution is 0.302. The number of aromatic nitrogens is 4. The second-order valence-corrected chi connectivity index (χ2v) is 7.96. The second kappa shape index (κ2) is 7.44. The van der Waals surface area contributed by atoms with Crippen LogP contribution in [0.2, 0.25) is 0 Å². The Balaban J connectivity index is 1.60. The lowest BCUT2D eigenvalue weighted by Crippen LogP contribution is -2.18. The zero-order valence-electron chi connectivity index (χ0n) is 15.9. The van der Waals surface area contributed by atoms with E-state index in [9.17, 15) is 4.79 Å². The molecule has 28 heavy (non-hydrogen) atoms. The molecule has 4 aromatic rings. The molecule has 0 unspecified atom stereocenters. The summed E-state index contributed by atoms with van der Waals surface area (Å²) < 4.78 is 7.36. The predicted octanol–water partition coefficient (Wildman–Crippen LogP) is 4.19. The summed E-state index contributed by atoms with van der Waals surface area (Å²) in [7, 11) is 0. The maximum Gasteiger partial charge on any atom is 0.365 e. The molecule has 0 aliphatic heterocycles. The van der Waals surface area contributed by atoms with Gasteiger partial charge in [0, 0.05) is 15.3 Å². The first kappa shape index (κ1) is 18.2. The van der Waals surface area contributed by atoms with E-state index in [1.807, 2.05) is 38.1 Å². The summed E-state index contributed by atoms with van der Waals surface area (Å²) in [6.07, 6.45) is 0. The van der Waals surface area contributed by atoms with E-state index in [-0.39, 0.29) is 5.69 Å². The fraction of sp³-hybridized carbons (Fsp3) is 0.190. The quantitative estimate of drug-likeness (QED) is 0.553. The Morgan fingerprint density at radius 1 is 1.07 bits per heavy atom. The molecular formula is C21H20N4O2S. The van der Waals surface area contributed by atoms with Crippen molar-refractivity contribution in [2.75, 3.05) is 0 Å². The Hall–Kier alpha value is -3.19. The summed E-state index contributed by atoms with van der Waals surface area (Å²) in [6.45, 7) is 6.47. The molecule has 2 aromatic heterocycles. The van der Waals surface area contributed by atoms with E-state index >= 15 is 0 Å². The number of benzene rings is 2. The average Bonchev–Trinajstić information content (AvgIpc) is 3.29. The van der Waals surface area contributed by atoms with E-state index < -0.39 is 0 Å². The van der Waals surface area contributed by atoms with Gasteiger partial charge in [-0.25, -0.2) is 9.89 Å². The predicted molar refractivity (Wildman–Crippen MR) is 110 cm³/mol.